The Morgan fingerprint density at radius 1 is 1.32 bits per heavy atom. The summed E-state index contributed by atoms with van der Waals surface area (Å²) in [7, 11) is -3.28. The first-order chi connectivity index (χ1) is 13.2. The van der Waals surface area contributed by atoms with Crippen molar-refractivity contribution in [2.75, 3.05) is 11.6 Å². The maximum atomic E-state index is 12.2. The Kier molecular flexibility index (Phi) is 5.49. The molecule has 8 nitrogen and oxygen atoms in total. The van der Waals surface area contributed by atoms with Crippen molar-refractivity contribution >= 4 is 27.2 Å². The molecule has 1 fully saturated rings. The molecular formula is C19H26N4O4S. The highest BCUT2D eigenvalue weighted by Gasteiger charge is 2.40. The van der Waals surface area contributed by atoms with Crippen LogP contribution in [0.4, 0.5) is 11.5 Å². The molecule has 1 aliphatic carbocycles. The molecule has 0 radical (unpaired) electrons. The van der Waals surface area contributed by atoms with Gasteiger partial charge in [-0.2, -0.15) is 5.10 Å². The Morgan fingerprint density at radius 2 is 1.93 bits per heavy atom. The van der Waals surface area contributed by atoms with Gasteiger partial charge >= 0.3 is 0 Å². The predicted octanol–water partition coefficient (Wildman–Crippen LogP) is 2.24. The monoisotopic (exact) mass is 406 g/mol. The highest BCUT2D eigenvalue weighted by molar-refractivity contribution is 7.90. The van der Waals surface area contributed by atoms with E-state index in [1.54, 1.807) is 12.1 Å². The summed E-state index contributed by atoms with van der Waals surface area (Å²) in [4.78, 5) is 12.4. The summed E-state index contributed by atoms with van der Waals surface area (Å²) in [5.41, 5.74) is 7.00. The molecule has 28 heavy (non-hydrogen) atoms. The van der Waals surface area contributed by atoms with Crippen LogP contribution in [0, 0.1) is 0 Å². The maximum Gasteiger partial charge on any atom is 0.254 e. The van der Waals surface area contributed by atoms with Gasteiger partial charge in [0.05, 0.1) is 16.7 Å². The molecule has 1 heterocycles. The molecule has 1 aliphatic rings. The second-order valence-electron chi connectivity index (χ2n) is 7.47. The summed E-state index contributed by atoms with van der Waals surface area (Å²) in [5, 5.41) is 20.2. The van der Waals surface area contributed by atoms with Crippen LogP contribution < -0.4 is 11.1 Å². The molecule has 0 saturated heterocycles. The van der Waals surface area contributed by atoms with Crippen molar-refractivity contribution in [3.8, 4) is 0 Å². The number of H-pyrrole nitrogens is 1. The third-order valence-corrected chi connectivity index (χ3v) is 6.81. The topological polar surface area (TPSA) is 138 Å². The first kappa shape index (κ1) is 20.3. The van der Waals surface area contributed by atoms with E-state index >= 15 is 0 Å². The van der Waals surface area contributed by atoms with Crippen molar-refractivity contribution in [1.29, 1.82) is 0 Å². The summed E-state index contributed by atoms with van der Waals surface area (Å²) in [6, 6.07) is 6.21. The number of carbonyl (C=O) groups is 1. The zero-order valence-electron chi connectivity index (χ0n) is 16.0. The van der Waals surface area contributed by atoms with Gasteiger partial charge in [0.2, 0.25) is 0 Å². The largest absolute Gasteiger partial charge is 0.393 e. The first-order valence-electron chi connectivity index (χ1n) is 9.30. The van der Waals surface area contributed by atoms with Gasteiger partial charge in [0.15, 0.2) is 15.7 Å². The van der Waals surface area contributed by atoms with Crippen LogP contribution in [0.2, 0.25) is 0 Å². The van der Waals surface area contributed by atoms with Gasteiger partial charge in [0, 0.05) is 17.4 Å². The number of rotatable bonds is 6. The minimum Gasteiger partial charge on any atom is -0.393 e. The summed E-state index contributed by atoms with van der Waals surface area (Å²) in [6.07, 6.45) is 4.45. The lowest BCUT2D eigenvalue weighted by atomic mass is 9.68. The molecular weight excluding hydrogens is 380 g/mol. The van der Waals surface area contributed by atoms with Gasteiger partial charge in [-0.05, 0) is 56.4 Å². The molecule has 0 spiro atoms. The van der Waals surface area contributed by atoms with Crippen LogP contribution in [0.15, 0.2) is 29.2 Å². The van der Waals surface area contributed by atoms with Crippen molar-refractivity contribution in [3.05, 3.63) is 35.5 Å². The molecule has 0 unspecified atom stereocenters. The average molecular weight is 407 g/mol. The minimum absolute atomic E-state index is 0.210. The van der Waals surface area contributed by atoms with Crippen LogP contribution >= 0.6 is 0 Å². The number of primary amides is 1. The van der Waals surface area contributed by atoms with Gasteiger partial charge < -0.3 is 16.2 Å². The average Bonchev–Trinajstić information content (AvgIpc) is 3.07. The summed E-state index contributed by atoms with van der Waals surface area (Å²) in [6.45, 7) is 2.06. The standard InChI is InChI=1S/C19H26N4O4S/c1-3-19(10-8-13(24)9-11-19)16-15(17(20)25)18(23-22-16)21-12-4-6-14(7-5-12)28(2,26)27/h4-7,13,24H,3,8-11H2,1-2H3,(H2,20,25)(H2,21,22,23). The van der Waals surface area contributed by atoms with Crippen LogP contribution in [0.5, 0.6) is 0 Å². The van der Waals surface area contributed by atoms with Gasteiger partial charge in [-0.1, -0.05) is 6.92 Å². The number of aromatic nitrogens is 2. The third kappa shape index (κ3) is 3.90. The molecule has 5 N–H and O–H groups in total. The lowest BCUT2D eigenvalue weighted by molar-refractivity contribution is 0.0906. The van der Waals surface area contributed by atoms with Gasteiger partial charge in [0.25, 0.3) is 5.91 Å². The molecule has 0 atom stereocenters. The summed E-state index contributed by atoms with van der Waals surface area (Å²) < 4.78 is 23.2. The molecule has 1 aromatic carbocycles. The zero-order chi connectivity index (χ0) is 20.5. The van der Waals surface area contributed by atoms with E-state index in [1.165, 1.54) is 12.1 Å². The highest BCUT2D eigenvalue weighted by atomic mass is 32.2. The van der Waals surface area contributed by atoms with Crippen molar-refractivity contribution in [2.24, 2.45) is 5.73 Å². The van der Waals surface area contributed by atoms with Crippen LogP contribution in [0.25, 0.3) is 0 Å². The van der Waals surface area contributed by atoms with E-state index in [1.807, 2.05) is 0 Å². The maximum absolute atomic E-state index is 12.2. The lowest BCUT2D eigenvalue weighted by Crippen LogP contribution is -2.35. The fourth-order valence-electron chi connectivity index (χ4n) is 3.91. The Bertz CT molecular complexity index is 958. The number of hydrogen-bond donors (Lipinski definition) is 4. The van der Waals surface area contributed by atoms with E-state index in [-0.39, 0.29) is 16.4 Å². The molecule has 1 amide bonds. The summed E-state index contributed by atoms with van der Waals surface area (Å²) >= 11 is 0. The van der Waals surface area contributed by atoms with Crippen LogP contribution in [0.1, 0.15) is 55.1 Å². The number of sulfone groups is 1. The Morgan fingerprint density at radius 3 is 2.43 bits per heavy atom. The molecule has 0 bridgehead atoms. The first-order valence-corrected chi connectivity index (χ1v) is 11.2. The molecule has 0 aliphatic heterocycles. The highest BCUT2D eigenvalue weighted by Crippen LogP contribution is 2.44. The van der Waals surface area contributed by atoms with E-state index in [2.05, 4.69) is 22.4 Å². The number of nitrogens with one attached hydrogen (secondary N) is 2. The number of amides is 1. The predicted molar refractivity (Wildman–Crippen MR) is 106 cm³/mol. The number of aliphatic hydroxyl groups is 1. The number of nitrogens with two attached hydrogens (primary N) is 1. The van der Waals surface area contributed by atoms with Crippen LogP contribution in [0.3, 0.4) is 0 Å². The van der Waals surface area contributed by atoms with Gasteiger partial charge in [-0.25, -0.2) is 8.42 Å². The second-order valence-corrected chi connectivity index (χ2v) is 9.49. The van der Waals surface area contributed by atoms with Crippen molar-refractivity contribution < 1.29 is 18.3 Å². The fraction of sp³-hybridized carbons (Fsp3) is 0.474. The number of nitrogens with zero attached hydrogens (tertiary/aromatic N) is 1. The number of carbonyl (C=O) groups excluding carboxylic acids is 1. The molecule has 2 aromatic rings. The Hall–Kier alpha value is -2.39. The Labute approximate surface area is 164 Å². The van der Waals surface area contributed by atoms with Gasteiger partial charge in [0.1, 0.15) is 5.56 Å². The molecule has 1 saturated carbocycles. The SMILES string of the molecule is CCC1(c2[nH]nc(Nc3ccc(S(C)(=O)=O)cc3)c2C(N)=O)CCC(O)CC1. The third-order valence-electron chi connectivity index (χ3n) is 5.68. The second kappa shape index (κ2) is 7.56. The van der Waals surface area contributed by atoms with E-state index < -0.39 is 15.7 Å². The summed E-state index contributed by atoms with van der Waals surface area (Å²) in [5.74, 6) is -0.272. The Balaban J connectivity index is 1.94. The van der Waals surface area contributed by atoms with Crippen molar-refractivity contribution in [1.82, 2.24) is 10.2 Å². The smallest absolute Gasteiger partial charge is 0.254 e. The van der Waals surface area contributed by atoms with E-state index in [0.717, 1.165) is 25.5 Å². The normalized spacial score (nSPS) is 22.8. The zero-order valence-corrected chi connectivity index (χ0v) is 16.8. The van der Waals surface area contributed by atoms with Gasteiger partial charge in [-0.3, -0.25) is 9.89 Å². The van der Waals surface area contributed by atoms with Crippen LogP contribution in [-0.2, 0) is 15.3 Å². The number of aliphatic hydroxyl groups excluding tert-OH is 1. The van der Waals surface area contributed by atoms with E-state index in [4.69, 9.17) is 5.73 Å². The molecule has 152 valence electrons. The lowest BCUT2D eigenvalue weighted by Gasteiger charge is -2.38. The van der Waals surface area contributed by atoms with Crippen molar-refractivity contribution in [2.45, 2.75) is 55.4 Å². The number of aromatic amines is 1. The quantitative estimate of drug-likeness (QED) is 0.580. The van der Waals surface area contributed by atoms with E-state index in [0.29, 0.717) is 35.6 Å². The number of hydrogen-bond acceptors (Lipinski definition) is 6. The minimum atomic E-state index is -3.28. The fourth-order valence-corrected chi connectivity index (χ4v) is 4.54. The molecule has 9 heteroatoms. The van der Waals surface area contributed by atoms with Gasteiger partial charge in [-0.15, -0.1) is 0 Å². The molecule has 3 rings (SSSR count). The van der Waals surface area contributed by atoms with Crippen LogP contribution in [-0.4, -0.2) is 42.0 Å². The molecule has 1 aromatic heterocycles. The number of benzene rings is 1. The number of anilines is 2. The van der Waals surface area contributed by atoms with Crippen molar-refractivity contribution in [3.63, 3.8) is 0 Å². The van der Waals surface area contributed by atoms with E-state index in [9.17, 15) is 18.3 Å².